The SMILES string of the molecule is COc1ccc(Br)cc1CC(=O)c1cc(C)n(C)n1. The van der Waals surface area contributed by atoms with Crippen molar-refractivity contribution in [2.75, 3.05) is 7.11 Å². The van der Waals surface area contributed by atoms with Crippen LogP contribution in [0, 0.1) is 6.92 Å². The summed E-state index contributed by atoms with van der Waals surface area (Å²) in [5, 5.41) is 4.20. The van der Waals surface area contributed by atoms with Crippen LogP contribution < -0.4 is 4.74 Å². The molecule has 0 fully saturated rings. The summed E-state index contributed by atoms with van der Waals surface area (Å²) in [5.41, 5.74) is 2.30. The number of hydrogen-bond donors (Lipinski definition) is 0. The van der Waals surface area contributed by atoms with E-state index in [0.717, 1.165) is 15.7 Å². The molecular weight excluding hydrogens is 308 g/mol. The molecule has 0 saturated heterocycles. The van der Waals surface area contributed by atoms with E-state index in [0.29, 0.717) is 11.4 Å². The first-order chi connectivity index (χ1) is 9.01. The zero-order valence-corrected chi connectivity index (χ0v) is 12.7. The highest BCUT2D eigenvalue weighted by molar-refractivity contribution is 9.10. The topological polar surface area (TPSA) is 44.1 Å². The third-order valence-electron chi connectivity index (χ3n) is 2.99. The lowest BCUT2D eigenvalue weighted by Gasteiger charge is -2.07. The van der Waals surface area contributed by atoms with Gasteiger partial charge in [-0.15, -0.1) is 0 Å². The number of ketones is 1. The van der Waals surface area contributed by atoms with Gasteiger partial charge in [0.05, 0.1) is 7.11 Å². The Bertz CT molecular complexity index is 600. The van der Waals surface area contributed by atoms with Gasteiger partial charge in [0.2, 0.25) is 0 Å². The van der Waals surface area contributed by atoms with E-state index in [1.807, 2.05) is 32.2 Å². The lowest BCUT2D eigenvalue weighted by atomic mass is 10.1. The number of ether oxygens (including phenoxy) is 1. The van der Waals surface area contributed by atoms with E-state index >= 15 is 0 Å². The molecule has 100 valence electrons. The summed E-state index contributed by atoms with van der Waals surface area (Å²) in [6.45, 7) is 1.92. The van der Waals surface area contributed by atoms with Gasteiger partial charge in [-0.2, -0.15) is 5.10 Å². The van der Waals surface area contributed by atoms with E-state index in [2.05, 4.69) is 21.0 Å². The third kappa shape index (κ3) is 3.04. The van der Waals surface area contributed by atoms with Crippen LogP contribution in [0.4, 0.5) is 0 Å². The van der Waals surface area contributed by atoms with Gasteiger partial charge < -0.3 is 4.74 Å². The van der Waals surface area contributed by atoms with Gasteiger partial charge in [-0.05, 0) is 31.2 Å². The van der Waals surface area contributed by atoms with Crippen LogP contribution in [0.5, 0.6) is 5.75 Å². The highest BCUT2D eigenvalue weighted by Crippen LogP contribution is 2.24. The molecule has 0 saturated carbocycles. The maximum atomic E-state index is 12.2. The predicted molar refractivity (Wildman–Crippen MR) is 76.7 cm³/mol. The van der Waals surface area contributed by atoms with E-state index in [4.69, 9.17) is 4.74 Å². The van der Waals surface area contributed by atoms with E-state index < -0.39 is 0 Å². The van der Waals surface area contributed by atoms with Crippen molar-refractivity contribution in [2.24, 2.45) is 7.05 Å². The van der Waals surface area contributed by atoms with Gasteiger partial charge in [0, 0.05) is 29.2 Å². The van der Waals surface area contributed by atoms with Crippen LogP contribution in [0.15, 0.2) is 28.7 Å². The Morgan fingerprint density at radius 2 is 2.16 bits per heavy atom. The molecule has 1 heterocycles. The summed E-state index contributed by atoms with van der Waals surface area (Å²) in [6, 6.07) is 7.42. The number of nitrogens with zero attached hydrogens (tertiary/aromatic N) is 2. The summed E-state index contributed by atoms with van der Waals surface area (Å²) in [5.74, 6) is 0.698. The molecule has 0 N–H and O–H groups in total. The maximum absolute atomic E-state index is 12.2. The van der Waals surface area contributed by atoms with Crippen molar-refractivity contribution in [1.29, 1.82) is 0 Å². The van der Waals surface area contributed by atoms with Crippen LogP contribution in [-0.4, -0.2) is 22.7 Å². The Morgan fingerprint density at radius 3 is 2.74 bits per heavy atom. The van der Waals surface area contributed by atoms with Gasteiger partial charge in [-0.25, -0.2) is 0 Å². The first-order valence-corrected chi connectivity index (χ1v) is 6.67. The first-order valence-electron chi connectivity index (χ1n) is 5.87. The van der Waals surface area contributed by atoms with Crippen LogP contribution in [-0.2, 0) is 13.5 Å². The lowest BCUT2D eigenvalue weighted by Crippen LogP contribution is -2.06. The predicted octanol–water partition coefficient (Wildman–Crippen LogP) is 2.93. The molecule has 0 aliphatic heterocycles. The Hall–Kier alpha value is -1.62. The molecule has 0 spiro atoms. The van der Waals surface area contributed by atoms with Crippen LogP contribution >= 0.6 is 15.9 Å². The molecule has 0 aliphatic rings. The fraction of sp³-hybridized carbons (Fsp3) is 0.286. The van der Waals surface area contributed by atoms with E-state index in [-0.39, 0.29) is 12.2 Å². The van der Waals surface area contributed by atoms with Crippen molar-refractivity contribution < 1.29 is 9.53 Å². The van der Waals surface area contributed by atoms with Crippen molar-refractivity contribution in [3.63, 3.8) is 0 Å². The second-order valence-corrected chi connectivity index (χ2v) is 5.27. The van der Waals surface area contributed by atoms with Crippen LogP contribution in [0.25, 0.3) is 0 Å². The highest BCUT2D eigenvalue weighted by atomic mass is 79.9. The van der Waals surface area contributed by atoms with Crippen molar-refractivity contribution in [3.05, 3.63) is 45.7 Å². The number of rotatable bonds is 4. The van der Waals surface area contributed by atoms with E-state index in [1.165, 1.54) is 0 Å². The van der Waals surface area contributed by atoms with Gasteiger partial charge in [-0.1, -0.05) is 15.9 Å². The molecule has 19 heavy (non-hydrogen) atoms. The van der Waals surface area contributed by atoms with Gasteiger partial charge in [-0.3, -0.25) is 9.48 Å². The molecule has 1 aromatic heterocycles. The minimum atomic E-state index is -0.0138. The molecule has 0 unspecified atom stereocenters. The average Bonchev–Trinajstić information content (AvgIpc) is 2.70. The first kappa shape index (κ1) is 13.8. The Balaban J connectivity index is 2.25. The second kappa shape index (κ2) is 5.57. The zero-order chi connectivity index (χ0) is 14.0. The van der Waals surface area contributed by atoms with Crippen LogP contribution in [0.1, 0.15) is 21.7 Å². The molecule has 0 bridgehead atoms. The monoisotopic (exact) mass is 322 g/mol. The summed E-state index contributed by atoms with van der Waals surface area (Å²) in [7, 11) is 3.42. The molecule has 0 radical (unpaired) electrons. The second-order valence-electron chi connectivity index (χ2n) is 4.35. The minimum Gasteiger partial charge on any atom is -0.496 e. The molecule has 4 nitrogen and oxygen atoms in total. The number of methoxy groups -OCH3 is 1. The molecule has 5 heteroatoms. The largest absolute Gasteiger partial charge is 0.496 e. The van der Waals surface area contributed by atoms with E-state index in [9.17, 15) is 4.79 Å². The normalized spacial score (nSPS) is 10.5. The number of aryl methyl sites for hydroxylation is 2. The van der Waals surface area contributed by atoms with Gasteiger partial charge in [0.1, 0.15) is 11.4 Å². The zero-order valence-electron chi connectivity index (χ0n) is 11.1. The fourth-order valence-corrected chi connectivity index (χ4v) is 2.25. The summed E-state index contributed by atoms with van der Waals surface area (Å²) in [6.07, 6.45) is 0.277. The molecule has 2 rings (SSSR count). The molecule has 0 aliphatic carbocycles. The third-order valence-corrected chi connectivity index (χ3v) is 3.49. The van der Waals surface area contributed by atoms with Gasteiger partial charge in [0.25, 0.3) is 0 Å². The smallest absolute Gasteiger partial charge is 0.187 e. The number of benzene rings is 1. The molecular formula is C14H15BrN2O2. The Kier molecular flexibility index (Phi) is 4.04. The van der Waals surface area contributed by atoms with Gasteiger partial charge in [0.15, 0.2) is 5.78 Å². The van der Waals surface area contributed by atoms with Gasteiger partial charge >= 0.3 is 0 Å². The number of halogens is 1. The summed E-state index contributed by atoms with van der Waals surface area (Å²) < 4.78 is 7.89. The van der Waals surface area contributed by atoms with Crippen LogP contribution in [0.2, 0.25) is 0 Å². The summed E-state index contributed by atoms with van der Waals surface area (Å²) >= 11 is 3.40. The molecule has 2 aromatic rings. The highest BCUT2D eigenvalue weighted by Gasteiger charge is 2.14. The van der Waals surface area contributed by atoms with Crippen molar-refractivity contribution in [2.45, 2.75) is 13.3 Å². The summed E-state index contributed by atoms with van der Waals surface area (Å²) in [4.78, 5) is 12.2. The standard InChI is InChI=1S/C14H15BrN2O2/c1-9-6-12(16-17(9)2)13(18)8-10-7-11(15)4-5-14(10)19-3/h4-7H,8H2,1-3H3. The van der Waals surface area contributed by atoms with Crippen molar-refractivity contribution in [3.8, 4) is 5.75 Å². The van der Waals surface area contributed by atoms with Crippen molar-refractivity contribution >= 4 is 21.7 Å². The number of aromatic nitrogens is 2. The van der Waals surface area contributed by atoms with E-state index in [1.54, 1.807) is 17.9 Å². The number of hydrogen-bond acceptors (Lipinski definition) is 3. The minimum absolute atomic E-state index is 0.0138. The Labute approximate surface area is 120 Å². The Morgan fingerprint density at radius 1 is 1.42 bits per heavy atom. The molecule has 0 atom stereocenters. The average molecular weight is 323 g/mol. The molecule has 1 aromatic carbocycles. The maximum Gasteiger partial charge on any atom is 0.187 e. The molecule has 0 amide bonds. The lowest BCUT2D eigenvalue weighted by molar-refractivity contribution is 0.0986. The number of carbonyl (C=O) groups is 1. The fourth-order valence-electron chi connectivity index (χ4n) is 1.85. The quantitative estimate of drug-likeness (QED) is 0.813. The number of Topliss-reactive ketones (excluding diaryl/α,β-unsaturated/α-hetero) is 1. The number of carbonyl (C=O) groups excluding carboxylic acids is 1. The van der Waals surface area contributed by atoms with Crippen LogP contribution in [0.3, 0.4) is 0 Å². The van der Waals surface area contributed by atoms with Crippen molar-refractivity contribution in [1.82, 2.24) is 9.78 Å².